The second kappa shape index (κ2) is 8.01. The van der Waals surface area contributed by atoms with E-state index in [1.54, 1.807) is 0 Å². The van der Waals surface area contributed by atoms with Crippen molar-refractivity contribution in [2.45, 2.75) is 0 Å². The van der Waals surface area contributed by atoms with Gasteiger partial charge in [0.25, 0.3) is 0 Å². The maximum Gasteiger partial charge on any atom is 0.0320 e. The van der Waals surface area contributed by atoms with E-state index in [0.29, 0.717) is 0 Å². The van der Waals surface area contributed by atoms with Crippen LogP contribution in [0.4, 0.5) is 11.4 Å². The van der Waals surface area contributed by atoms with E-state index in [2.05, 4.69) is 36.4 Å². The van der Waals surface area contributed by atoms with E-state index in [9.17, 15) is 0 Å². The van der Waals surface area contributed by atoms with Gasteiger partial charge < -0.3 is 11.5 Å². The molecule has 0 amide bonds. The highest BCUT2D eigenvalue weighted by Crippen LogP contribution is 2.28. The Balaban J connectivity index is 0.00000121. The zero-order valence-electron chi connectivity index (χ0n) is 11.9. The van der Waals surface area contributed by atoms with Crippen molar-refractivity contribution in [3.8, 4) is 22.3 Å². The van der Waals surface area contributed by atoms with Gasteiger partial charge in [-0.2, -0.15) is 0 Å². The number of hydrogen-bond acceptors (Lipinski definition) is 2. The predicted molar refractivity (Wildman–Crippen MR) is 107 cm³/mol. The maximum atomic E-state index is 5.85. The lowest BCUT2D eigenvalue weighted by Crippen LogP contribution is -1.87. The molecular weight excluding hydrogens is 404 g/mol. The molecule has 0 atom stereocenters. The van der Waals surface area contributed by atoms with Crippen LogP contribution in [0.15, 0.2) is 72.8 Å². The van der Waals surface area contributed by atoms with Crippen LogP contribution < -0.4 is 11.5 Å². The molecule has 0 radical (unpaired) electrons. The summed E-state index contributed by atoms with van der Waals surface area (Å²) in [7, 11) is 0. The molecule has 0 bridgehead atoms. The molecule has 3 rings (SSSR count). The van der Waals surface area contributed by atoms with Gasteiger partial charge in [0.15, 0.2) is 0 Å². The van der Waals surface area contributed by atoms with Crippen LogP contribution in [0.2, 0.25) is 0 Å². The number of nitrogens with two attached hydrogens (primary N) is 2. The lowest BCUT2D eigenvalue weighted by Gasteiger charge is -2.07. The Morgan fingerprint density at radius 2 is 0.773 bits per heavy atom. The molecule has 0 saturated heterocycles. The fourth-order valence-corrected chi connectivity index (χ4v) is 2.31. The summed E-state index contributed by atoms with van der Waals surface area (Å²) in [5, 5.41) is 0. The van der Waals surface area contributed by atoms with Crippen molar-refractivity contribution in [3.05, 3.63) is 72.8 Å². The minimum absolute atomic E-state index is 0. The minimum Gasteiger partial charge on any atom is -0.399 e. The summed E-state index contributed by atoms with van der Waals surface area (Å²) < 4.78 is 0. The first kappa shape index (κ1) is 18.3. The summed E-state index contributed by atoms with van der Waals surface area (Å²) in [6, 6.07) is 24.2. The molecule has 0 aliphatic heterocycles. The van der Waals surface area contributed by atoms with Gasteiger partial charge in [0.05, 0.1) is 0 Å². The molecular formula is C18H18Br2N2. The van der Waals surface area contributed by atoms with E-state index < -0.39 is 0 Å². The Kier molecular flexibility index (Phi) is 6.65. The zero-order valence-corrected chi connectivity index (χ0v) is 15.3. The number of hydrogen-bond donors (Lipinski definition) is 2. The van der Waals surface area contributed by atoms with Gasteiger partial charge in [-0.05, 0) is 52.6 Å². The monoisotopic (exact) mass is 420 g/mol. The van der Waals surface area contributed by atoms with Gasteiger partial charge in [-0.1, -0.05) is 42.5 Å². The van der Waals surface area contributed by atoms with Crippen LogP contribution in [0.3, 0.4) is 0 Å². The van der Waals surface area contributed by atoms with Gasteiger partial charge in [0.2, 0.25) is 0 Å². The van der Waals surface area contributed by atoms with Crippen LogP contribution in [0.5, 0.6) is 0 Å². The molecule has 4 N–H and O–H groups in total. The maximum absolute atomic E-state index is 5.85. The van der Waals surface area contributed by atoms with Gasteiger partial charge in [-0.3, -0.25) is 0 Å². The first-order chi connectivity index (χ1) is 9.72. The summed E-state index contributed by atoms with van der Waals surface area (Å²) in [6.45, 7) is 0. The van der Waals surface area contributed by atoms with Crippen molar-refractivity contribution >= 4 is 45.3 Å². The van der Waals surface area contributed by atoms with Crippen LogP contribution in [0, 0.1) is 0 Å². The molecule has 3 aromatic rings. The second-order valence-electron chi connectivity index (χ2n) is 4.83. The number of benzene rings is 3. The second-order valence-corrected chi connectivity index (χ2v) is 4.83. The first-order valence-corrected chi connectivity index (χ1v) is 6.54. The zero-order chi connectivity index (χ0) is 13.9. The highest BCUT2D eigenvalue weighted by Gasteiger charge is 2.02. The van der Waals surface area contributed by atoms with Crippen molar-refractivity contribution in [2.75, 3.05) is 11.5 Å². The number of halogens is 2. The summed E-state index contributed by atoms with van der Waals surface area (Å²) in [4.78, 5) is 0. The van der Waals surface area contributed by atoms with Crippen LogP contribution in [0.25, 0.3) is 22.3 Å². The third-order valence-corrected chi connectivity index (χ3v) is 3.30. The Morgan fingerprint density at radius 1 is 0.455 bits per heavy atom. The van der Waals surface area contributed by atoms with Gasteiger partial charge >= 0.3 is 0 Å². The standard InChI is InChI=1S/C18H16N2.2BrH/c19-17-8-2-6-15(11-17)13-4-1-5-14(10-13)16-7-3-9-18(20)12-16;;/h1-12H,19-20H2;2*1H. The first-order valence-electron chi connectivity index (χ1n) is 6.54. The third kappa shape index (κ3) is 4.12. The van der Waals surface area contributed by atoms with Gasteiger partial charge in [-0.25, -0.2) is 0 Å². The quantitative estimate of drug-likeness (QED) is 0.548. The Morgan fingerprint density at radius 3 is 1.14 bits per heavy atom. The molecule has 114 valence electrons. The smallest absolute Gasteiger partial charge is 0.0320 e. The van der Waals surface area contributed by atoms with E-state index in [4.69, 9.17) is 11.5 Å². The van der Waals surface area contributed by atoms with Crippen LogP contribution in [0.1, 0.15) is 0 Å². The lowest BCUT2D eigenvalue weighted by molar-refractivity contribution is 1.58. The normalized spacial score (nSPS) is 9.45. The van der Waals surface area contributed by atoms with Crippen LogP contribution >= 0.6 is 34.0 Å². The van der Waals surface area contributed by atoms with Crippen molar-refractivity contribution in [1.82, 2.24) is 0 Å². The van der Waals surface area contributed by atoms with Crippen molar-refractivity contribution in [1.29, 1.82) is 0 Å². The SMILES string of the molecule is Br.Br.Nc1cccc(-c2cccc(-c3cccc(N)c3)c2)c1. The van der Waals surface area contributed by atoms with Crippen molar-refractivity contribution < 1.29 is 0 Å². The van der Waals surface area contributed by atoms with Crippen molar-refractivity contribution in [3.63, 3.8) is 0 Å². The van der Waals surface area contributed by atoms with Crippen molar-refractivity contribution in [2.24, 2.45) is 0 Å². The van der Waals surface area contributed by atoms with Gasteiger partial charge in [0, 0.05) is 11.4 Å². The Hall–Kier alpha value is -1.78. The van der Waals surface area contributed by atoms with E-state index in [0.717, 1.165) is 33.6 Å². The van der Waals surface area contributed by atoms with Crippen LogP contribution in [-0.4, -0.2) is 0 Å². The number of anilines is 2. The Labute approximate surface area is 151 Å². The summed E-state index contributed by atoms with van der Waals surface area (Å²) >= 11 is 0. The van der Waals surface area contributed by atoms with Gasteiger partial charge in [0.1, 0.15) is 0 Å². The highest BCUT2D eigenvalue weighted by atomic mass is 79.9. The third-order valence-electron chi connectivity index (χ3n) is 3.30. The molecule has 4 heteroatoms. The van der Waals surface area contributed by atoms with E-state index >= 15 is 0 Å². The highest BCUT2D eigenvalue weighted by molar-refractivity contribution is 8.93. The van der Waals surface area contributed by atoms with Crippen LogP contribution in [-0.2, 0) is 0 Å². The summed E-state index contributed by atoms with van der Waals surface area (Å²) in [5.74, 6) is 0. The van der Waals surface area contributed by atoms with E-state index in [1.807, 2.05) is 36.4 Å². The Bertz CT molecular complexity index is 697. The fourth-order valence-electron chi connectivity index (χ4n) is 2.31. The molecule has 3 aromatic carbocycles. The molecule has 0 saturated carbocycles. The molecule has 0 spiro atoms. The molecule has 0 fully saturated rings. The number of nitrogen functional groups attached to an aromatic ring is 2. The van der Waals surface area contributed by atoms with E-state index in [1.165, 1.54) is 0 Å². The topological polar surface area (TPSA) is 52.0 Å². The molecule has 0 heterocycles. The molecule has 0 unspecified atom stereocenters. The van der Waals surface area contributed by atoms with Gasteiger partial charge in [-0.15, -0.1) is 34.0 Å². The lowest BCUT2D eigenvalue weighted by atomic mass is 9.98. The minimum atomic E-state index is 0. The summed E-state index contributed by atoms with van der Waals surface area (Å²) in [6.07, 6.45) is 0. The molecule has 2 nitrogen and oxygen atoms in total. The summed E-state index contributed by atoms with van der Waals surface area (Å²) in [5.41, 5.74) is 17.8. The number of rotatable bonds is 2. The average Bonchev–Trinajstić information content (AvgIpc) is 2.47. The van der Waals surface area contributed by atoms with E-state index in [-0.39, 0.29) is 34.0 Å². The molecule has 0 aliphatic rings. The fraction of sp³-hybridized carbons (Fsp3) is 0. The largest absolute Gasteiger partial charge is 0.399 e. The molecule has 0 aliphatic carbocycles. The average molecular weight is 422 g/mol. The predicted octanol–water partition coefficient (Wildman–Crippen LogP) is 5.34. The molecule has 0 aromatic heterocycles. The molecule has 22 heavy (non-hydrogen) atoms.